The lowest BCUT2D eigenvalue weighted by Crippen LogP contribution is -2.45. The van der Waals surface area contributed by atoms with E-state index in [1.54, 1.807) is 6.92 Å². The minimum Gasteiger partial charge on any atom is -0.343 e. The first kappa shape index (κ1) is 17.4. The van der Waals surface area contributed by atoms with E-state index in [1.165, 1.54) is 12.1 Å². The number of rotatable bonds is 4. The monoisotopic (exact) mass is 353 g/mol. The first-order valence-corrected chi connectivity index (χ1v) is 8.06. The van der Waals surface area contributed by atoms with Crippen LogP contribution in [0.3, 0.4) is 0 Å². The van der Waals surface area contributed by atoms with Crippen molar-refractivity contribution in [3.63, 3.8) is 0 Å². The van der Waals surface area contributed by atoms with E-state index >= 15 is 0 Å². The Morgan fingerprint density at radius 1 is 1.24 bits per heavy atom. The molecule has 0 saturated heterocycles. The Hall–Kier alpha value is -2.38. The second-order valence-corrected chi connectivity index (χ2v) is 6.35. The van der Waals surface area contributed by atoms with E-state index in [-0.39, 0.29) is 12.3 Å². The van der Waals surface area contributed by atoms with Gasteiger partial charge in [0.25, 0.3) is 0 Å². The van der Waals surface area contributed by atoms with Crippen molar-refractivity contribution in [1.29, 1.82) is 0 Å². The summed E-state index contributed by atoms with van der Waals surface area (Å²) in [4.78, 5) is 16.7. The zero-order chi connectivity index (χ0) is 18.1. The summed E-state index contributed by atoms with van der Waals surface area (Å²) < 4.78 is 42.8. The Morgan fingerprint density at radius 3 is 2.40 bits per heavy atom. The number of hydrogen-bond donors (Lipinski definition) is 1. The van der Waals surface area contributed by atoms with Gasteiger partial charge in [0.15, 0.2) is 5.82 Å². The molecule has 8 heteroatoms. The largest absolute Gasteiger partial charge is 0.416 e. The smallest absolute Gasteiger partial charge is 0.343 e. The van der Waals surface area contributed by atoms with Crippen molar-refractivity contribution in [2.75, 3.05) is 0 Å². The average Bonchev–Trinajstić information content (AvgIpc) is 3.17. The molecule has 0 bridgehead atoms. The highest BCUT2D eigenvalue weighted by molar-refractivity contribution is 5.79. The summed E-state index contributed by atoms with van der Waals surface area (Å²) in [6.45, 7) is 1.68. The normalized spacial score (nSPS) is 16.8. The van der Waals surface area contributed by atoms with Crippen LogP contribution in [0.4, 0.5) is 13.2 Å². The van der Waals surface area contributed by atoms with Crippen molar-refractivity contribution < 1.29 is 22.5 Å². The Labute approximate surface area is 142 Å². The Morgan fingerprint density at radius 2 is 1.88 bits per heavy atom. The number of benzene rings is 1. The molecule has 0 spiro atoms. The number of nitrogens with one attached hydrogen (secondary N) is 1. The summed E-state index contributed by atoms with van der Waals surface area (Å²) in [6.07, 6.45) is -1.08. The summed E-state index contributed by atoms with van der Waals surface area (Å²) in [5, 5.41) is 6.91. The molecule has 1 N–H and O–H groups in total. The van der Waals surface area contributed by atoms with Gasteiger partial charge in [-0.15, -0.1) is 0 Å². The molecule has 1 heterocycles. The highest BCUT2D eigenvalue weighted by Gasteiger charge is 2.41. The molecule has 134 valence electrons. The number of amides is 1. The fourth-order valence-corrected chi connectivity index (χ4v) is 3.18. The quantitative estimate of drug-likeness (QED) is 0.913. The van der Waals surface area contributed by atoms with Crippen molar-refractivity contribution in [2.24, 2.45) is 0 Å². The van der Waals surface area contributed by atoms with Crippen LogP contribution in [-0.2, 0) is 22.9 Å². The zero-order valence-corrected chi connectivity index (χ0v) is 13.7. The van der Waals surface area contributed by atoms with Crippen LogP contribution < -0.4 is 5.32 Å². The average molecular weight is 353 g/mol. The van der Waals surface area contributed by atoms with E-state index in [9.17, 15) is 18.0 Å². The van der Waals surface area contributed by atoms with Crippen molar-refractivity contribution in [3.8, 4) is 0 Å². The third-order valence-corrected chi connectivity index (χ3v) is 4.44. The predicted octanol–water partition coefficient (Wildman–Crippen LogP) is 3.53. The van der Waals surface area contributed by atoms with Gasteiger partial charge in [0.05, 0.1) is 12.0 Å². The molecule has 1 amide bonds. The van der Waals surface area contributed by atoms with Crippen molar-refractivity contribution in [3.05, 3.63) is 47.1 Å². The third-order valence-electron chi connectivity index (χ3n) is 4.44. The summed E-state index contributed by atoms with van der Waals surface area (Å²) in [6, 6.07) is 4.61. The van der Waals surface area contributed by atoms with Crippen molar-refractivity contribution in [2.45, 2.75) is 50.7 Å². The second-order valence-electron chi connectivity index (χ2n) is 6.35. The number of aromatic nitrogens is 2. The van der Waals surface area contributed by atoms with Crippen molar-refractivity contribution >= 4 is 5.91 Å². The fourth-order valence-electron chi connectivity index (χ4n) is 3.18. The maximum atomic E-state index is 12.6. The van der Waals surface area contributed by atoms with Crippen LogP contribution in [0.5, 0.6) is 0 Å². The molecule has 1 aliphatic carbocycles. The molecular formula is C17H18F3N3O2. The standard InChI is InChI=1S/C17H18F3N3O2/c1-11-21-15(23-25-11)16(8-2-3-9-16)22-14(24)10-12-4-6-13(7-5-12)17(18,19)20/h4-7H,2-3,8-10H2,1H3,(H,22,24). The molecule has 0 aliphatic heterocycles. The van der Waals surface area contributed by atoms with Gasteiger partial charge in [0.1, 0.15) is 5.54 Å². The molecule has 3 rings (SSSR count). The predicted molar refractivity (Wildman–Crippen MR) is 82.5 cm³/mol. The number of halogens is 3. The Balaban J connectivity index is 1.70. The van der Waals surface area contributed by atoms with E-state index in [1.807, 2.05) is 0 Å². The zero-order valence-electron chi connectivity index (χ0n) is 13.7. The summed E-state index contributed by atoms with van der Waals surface area (Å²) in [5.41, 5.74) is -0.866. The van der Waals surface area contributed by atoms with Crippen LogP contribution >= 0.6 is 0 Å². The van der Waals surface area contributed by atoms with Gasteiger partial charge in [-0.2, -0.15) is 18.2 Å². The molecule has 0 unspecified atom stereocenters. The molecule has 2 aromatic rings. The SMILES string of the molecule is Cc1nc(C2(NC(=O)Cc3ccc(C(F)(F)F)cc3)CCCC2)no1. The number of aryl methyl sites for hydroxylation is 1. The fraction of sp³-hybridized carbons (Fsp3) is 0.471. The van der Waals surface area contributed by atoms with Crippen LogP contribution in [-0.4, -0.2) is 16.0 Å². The van der Waals surface area contributed by atoms with E-state index in [0.29, 0.717) is 30.1 Å². The second kappa shape index (κ2) is 6.50. The summed E-state index contributed by atoms with van der Waals surface area (Å²) >= 11 is 0. The number of carbonyl (C=O) groups is 1. The minimum atomic E-state index is -4.38. The van der Waals surface area contributed by atoms with Crippen LogP contribution in [0.1, 0.15) is 48.5 Å². The van der Waals surface area contributed by atoms with E-state index < -0.39 is 17.3 Å². The molecule has 5 nitrogen and oxygen atoms in total. The lowest BCUT2D eigenvalue weighted by Gasteiger charge is -2.26. The third kappa shape index (κ3) is 3.83. The van der Waals surface area contributed by atoms with Gasteiger partial charge in [-0.05, 0) is 30.5 Å². The van der Waals surface area contributed by atoms with Crippen molar-refractivity contribution in [1.82, 2.24) is 15.5 Å². The summed E-state index contributed by atoms with van der Waals surface area (Å²) in [7, 11) is 0. The maximum absolute atomic E-state index is 12.6. The van der Waals surface area contributed by atoms with Crippen LogP contribution in [0.25, 0.3) is 0 Å². The van der Waals surface area contributed by atoms with Gasteiger partial charge in [-0.1, -0.05) is 30.1 Å². The van der Waals surface area contributed by atoms with Gasteiger partial charge in [0.2, 0.25) is 11.8 Å². The van der Waals surface area contributed by atoms with E-state index in [2.05, 4.69) is 15.5 Å². The highest BCUT2D eigenvalue weighted by atomic mass is 19.4. The Bertz CT molecular complexity index is 747. The molecule has 25 heavy (non-hydrogen) atoms. The summed E-state index contributed by atoms with van der Waals surface area (Å²) in [5.74, 6) is 0.616. The molecule has 1 aromatic carbocycles. The molecular weight excluding hydrogens is 335 g/mol. The highest BCUT2D eigenvalue weighted by Crippen LogP contribution is 2.37. The molecule has 0 atom stereocenters. The lowest BCUT2D eigenvalue weighted by atomic mass is 9.96. The Kier molecular flexibility index (Phi) is 4.53. The van der Waals surface area contributed by atoms with Crippen LogP contribution in [0, 0.1) is 6.92 Å². The van der Waals surface area contributed by atoms with Gasteiger partial charge < -0.3 is 9.84 Å². The number of hydrogen-bond acceptors (Lipinski definition) is 4. The van der Waals surface area contributed by atoms with Gasteiger partial charge in [0, 0.05) is 6.92 Å². The van der Waals surface area contributed by atoms with Gasteiger partial charge in [-0.3, -0.25) is 4.79 Å². The van der Waals surface area contributed by atoms with Gasteiger partial charge >= 0.3 is 6.18 Å². The molecule has 1 fully saturated rings. The molecule has 1 aromatic heterocycles. The first-order valence-electron chi connectivity index (χ1n) is 8.06. The van der Waals surface area contributed by atoms with Crippen LogP contribution in [0.2, 0.25) is 0 Å². The molecule has 1 aliphatic rings. The number of alkyl halides is 3. The maximum Gasteiger partial charge on any atom is 0.416 e. The number of nitrogens with zero attached hydrogens (tertiary/aromatic N) is 2. The topological polar surface area (TPSA) is 68.0 Å². The van der Waals surface area contributed by atoms with Gasteiger partial charge in [-0.25, -0.2) is 0 Å². The van der Waals surface area contributed by atoms with E-state index in [4.69, 9.17) is 4.52 Å². The first-order chi connectivity index (χ1) is 11.8. The number of carbonyl (C=O) groups excluding carboxylic acids is 1. The van der Waals surface area contributed by atoms with E-state index in [0.717, 1.165) is 25.0 Å². The lowest BCUT2D eigenvalue weighted by molar-refractivity contribution is -0.137. The molecule has 1 saturated carbocycles. The van der Waals surface area contributed by atoms with Crippen LogP contribution in [0.15, 0.2) is 28.8 Å². The minimum absolute atomic E-state index is 0.00325. The molecule has 0 radical (unpaired) electrons.